The first-order valence-electron chi connectivity index (χ1n) is 12.9. The fraction of sp³-hybridized carbons (Fsp3) is 0.630. The summed E-state index contributed by atoms with van der Waals surface area (Å²) < 4.78 is 40.7. The van der Waals surface area contributed by atoms with Crippen molar-refractivity contribution < 1.29 is 22.4 Å². The van der Waals surface area contributed by atoms with Crippen molar-refractivity contribution in [2.75, 3.05) is 19.7 Å². The highest BCUT2D eigenvalue weighted by molar-refractivity contribution is 7.89. The molecule has 0 radical (unpaired) electrons. The Kier molecular flexibility index (Phi) is 10.3. The first-order chi connectivity index (χ1) is 16.9. The number of nitrogens with one attached hydrogen (secondary N) is 1. The summed E-state index contributed by atoms with van der Waals surface area (Å²) in [4.78, 5) is 18.7. The van der Waals surface area contributed by atoms with Crippen LogP contribution in [0.5, 0.6) is 0 Å². The number of hydrogen-bond donors (Lipinski definition) is 1. The van der Waals surface area contributed by atoms with Gasteiger partial charge in [-0.05, 0) is 82.3 Å². The van der Waals surface area contributed by atoms with Gasteiger partial charge in [0.2, 0.25) is 10.0 Å². The van der Waals surface area contributed by atoms with Crippen LogP contribution in [0, 0.1) is 0 Å². The average molecular weight is 552 g/mol. The van der Waals surface area contributed by atoms with E-state index in [0.29, 0.717) is 13.2 Å². The molecule has 8 nitrogen and oxygen atoms in total. The van der Waals surface area contributed by atoms with Crippen LogP contribution in [0.4, 0.5) is 4.79 Å². The minimum absolute atomic E-state index is 0.143. The smallest absolute Gasteiger partial charge is 0.410 e. The number of amides is 1. The van der Waals surface area contributed by atoms with Gasteiger partial charge in [-0.25, -0.2) is 17.9 Å². The number of nitrogens with zero attached hydrogens (tertiary/aromatic N) is 2. The zero-order valence-corrected chi connectivity index (χ0v) is 25.7. The molecule has 0 spiro atoms. The van der Waals surface area contributed by atoms with E-state index in [1.807, 2.05) is 20.8 Å². The second kappa shape index (κ2) is 12.2. The van der Waals surface area contributed by atoms with E-state index in [-0.39, 0.29) is 16.5 Å². The number of rotatable bonds is 11. The Balaban J connectivity index is 2.03. The summed E-state index contributed by atoms with van der Waals surface area (Å²) >= 11 is 0. The Hall–Kier alpha value is -2.01. The third-order valence-corrected chi connectivity index (χ3v) is 12.6. The molecule has 1 N–H and O–H groups in total. The first kappa shape index (κ1) is 31.2. The van der Waals surface area contributed by atoms with Gasteiger partial charge in [-0.2, -0.15) is 0 Å². The first-order valence-corrected chi connectivity index (χ1v) is 17.3. The van der Waals surface area contributed by atoms with Crippen LogP contribution in [0.1, 0.15) is 61.3 Å². The van der Waals surface area contributed by atoms with Crippen LogP contribution < -0.4 is 4.72 Å². The van der Waals surface area contributed by atoms with Gasteiger partial charge in [-0.1, -0.05) is 26.8 Å². The number of unbranched alkanes of at least 4 members (excludes halogenated alkanes) is 1. The number of fused-ring (bicyclic) bond motifs is 1. The molecule has 0 saturated heterocycles. The van der Waals surface area contributed by atoms with E-state index in [1.165, 1.54) is 0 Å². The van der Waals surface area contributed by atoms with Crippen LogP contribution in [0.3, 0.4) is 0 Å². The van der Waals surface area contributed by atoms with Gasteiger partial charge in [0.25, 0.3) is 0 Å². The SMILES string of the molecule is C[C@H](CN(CCCCO[Si](C)(C)C(C)(C)C)C(=O)OC(C)(C)C)NS(=O)(=O)c1ccc2cnccc2c1. The van der Waals surface area contributed by atoms with Crippen molar-refractivity contribution in [2.45, 2.75) is 96.0 Å². The molecule has 0 unspecified atom stereocenters. The predicted molar refractivity (Wildman–Crippen MR) is 152 cm³/mol. The van der Waals surface area contributed by atoms with E-state index in [4.69, 9.17) is 9.16 Å². The van der Waals surface area contributed by atoms with Gasteiger partial charge in [0.05, 0.1) is 4.90 Å². The van der Waals surface area contributed by atoms with Crippen LogP contribution in [-0.4, -0.2) is 64.1 Å². The number of aromatic nitrogens is 1. The van der Waals surface area contributed by atoms with Crippen molar-refractivity contribution in [1.82, 2.24) is 14.6 Å². The second-order valence-electron chi connectivity index (χ2n) is 12.1. The van der Waals surface area contributed by atoms with Gasteiger partial charge in [0.15, 0.2) is 8.32 Å². The maximum Gasteiger partial charge on any atom is 0.410 e. The molecule has 2 rings (SSSR count). The van der Waals surface area contributed by atoms with Gasteiger partial charge in [-0.15, -0.1) is 0 Å². The quantitative estimate of drug-likeness (QED) is 0.274. The molecule has 1 aromatic carbocycles. The molecule has 37 heavy (non-hydrogen) atoms. The number of sulfonamides is 1. The monoisotopic (exact) mass is 551 g/mol. The lowest BCUT2D eigenvalue weighted by Crippen LogP contribution is -2.46. The van der Waals surface area contributed by atoms with Crippen LogP contribution >= 0.6 is 0 Å². The third kappa shape index (κ3) is 9.66. The molecular weight excluding hydrogens is 506 g/mol. The van der Waals surface area contributed by atoms with Crippen molar-refractivity contribution in [2.24, 2.45) is 0 Å². The molecule has 0 aliphatic carbocycles. The molecule has 0 fully saturated rings. The lowest BCUT2D eigenvalue weighted by Gasteiger charge is -2.36. The average Bonchev–Trinajstić information content (AvgIpc) is 2.75. The summed E-state index contributed by atoms with van der Waals surface area (Å²) in [7, 11) is -5.61. The van der Waals surface area contributed by atoms with Gasteiger partial charge in [0.1, 0.15) is 5.60 Å². The molecule has 1 amide bonds. The summed E-state index contributed by atoms with van der Waals surface area (Å²) in [5, 5.41) is 1.80. The van der Waals surface area contributed by atoms with Crippen molar-refractivity contribution >= 4 is 35.2 Å². The maximum atomic E-state index is 13.1. The van der Waals surface area contributed by atoms with E-state index in [2.05, 4.69) is 43.6 Å². The van der Waals surface area contributed by atoms with Crippen LogP contribution in [-0.2, 0) is 19.2 Å². The number of ether oxygens (including phenoxy) is 1. The van der Waals surface area contributed by atoms with Crippen LogP contribution in [0.15, 0.2) is 41.6 Å². The lowest BCUT2D eigenvalue weighted by atomic mass is 10.2. The lowest BCUT2D eigenvalue weighted by molar-refractivity contribution is 0.0233. The fourth-order valence-corrected chi connectivity index (χ4v) is 5.82. The van der Waals surface area contributed by atoms with Gasteiger partial charge >= 0.3 is 6.09 Å². The van der Waals surface area contributed by atoms with Crippen molar-refractivity contribution in [3.05, 3.63) is 36.7 Å². The van der Waals surface area contributed by atoms with Gasteiger partial charge in [-0.3, -0.25) is 4.98 Å². The van der Waals surface area contributed by atoms with E-state index in [0.717, 1.165) is 23.6 Å². The molecule has 2 aromatic rings. The topological polar surface area (TPSA) is 97.8 Å². The van der Waals surface area contributed by atoms with Crippen molar-refractivity contribution in [3.63, 3.8) is 0 Å². The minimum atomic E-state index is -3.78. The maximum absolute atomic E-state index is 13.1. The molecule has 0 aliphatic rings. The number of carbonyl (C=O) groups excluding carboxylic acids is 1. The highest BCUT2D eigenvalue weighted by Gasteiger charge is 2.36. The van der Waals surface area contributed by atoms with Crippen molar-refractivity contribution in [3.8, 4) is 0 Å². The molecule has 1 atom stereocenters. The predicted octanol–water partition coefficient (Wildman–Crippen LogP) is 5.94. The van der Waals surface area contributed by atoms with E-state index in [9.17, 15) is 13.2 Å². The van der Waals surface area contributed by atoms with Gasteiger partial charge in [0, 0.05) is 43.5 Å². The Morgan fingerprint density at radius 1 is 1.08 bits per heavy atom. The zero-order valence-electron chi connectivity index (χ0n) is 23.9. The number of hydrogen-bond acceptors (Lipinski definition) is 6. The number of carbonyl (C=O) groups is 1. The number of pyridine rings is 1. The molecule has 0 bridgehead atoms. The minimum Gasteiger partial charge on any atom is -0.444 e. The largest absolute Gasteiger partial charge is 0.444 e. The van der Waals surface area contributed by atoms with Gasteiger partial charge < -0.3 is 14.1 Å². The van der Waals surface area contributed by atoms with E-state index in [1.54, 1.807) is 48.5 Å². The van der Waals surface area contributed by atoms with E-state index < -0.39 is 36.1 Å². The zero-order chi connectivity index (χ0) is 28.1. The molecule has 1 aromatic heterocycles. The second-order valence-corrected chi connectivity index (χ2v) is 18.7. The fourth-order valence-electron chi connectivity index (χ4n) is 3.46. The van der Waals surface area contributed by atoms with Crippen LogP contribution in [0.2, 0.25) is 18.1 Å². The number of benzene rings is 1. The van der Waals surface area contributed by atoms with Crippen molar-refractivity contribution in [1.29, 1.82) is 0 Å². The summed E-state index contributed by atoms with van der Waals surface area (Å²) in [5.74, 6) is 0. The third-order valence-electron chi connectivity index (χ3n) is 6.52. The highest BCUT2D eigenvalue weighted by atomic mass is 32.2. The Labute approximate surface area is 224 Å². The summed E-state index contributed by atoms with van der Waals surface area (Å²) in [6, 6.07) is 6.18. The molecular formula is C27H45N3O5SSi. The molecule has 0 aliphatic heterocycles. The Morgan fingerprint density at radius 3 is 2.38 bits per heavy atom. The summed E-state index contributed by atoms with van der Waals surface area (Å²) in [6.07, 6.45) is 4.40. The van der Waals surface area contributed by atoms with Crippen LogP contribution in [0.25, 0.3) is 10.8 Å². The molecule has 208 valence electrons. The summed E-state index contributed by atoms with van der Waals surface area (Å²) in [6.45, 7) is 19.5. The summed E-state index contributed by atoms with van der Waals surface area (Å²) in [5.41, 5.74) is -0.649. The Bertz CT molecular complexity index is 1160. The Morgan fingerprint density at radius 2 is 1.76 bits per heavy atom. The molecule has 10 heteroatoms. The standard InChI is InChI=1S/C27H45N3O5SSi/c1-21(29-36(32,33)24-13-12-23-19-28-15-14-22(23)18-24)20-30(25(31)35-26(2,3)4)16-10-11-17-34-37(8,9)27(5,6)7/h12-15,18-19,21,29H,10-11,16-17,20H2,1-9H3/t21-/m1/s1. The highest BCUT2D eigenvalue weighted by Crippen LogP contribution is 2.36. The normalized spacial score (nSPS) is 14.0. The molecule has 1 heterocycles. The molecule has 0 saturated carbocycles. The van der Waals surface area contributed by atoms with E-state index >= 15 is 0 Å².